The summed E-state index contributed by atoms with van der Waals surface area (Å²) in [4.78, 5) is 9.32. The third-order valence-corrected chi connectivity index (χ3v) is 5.48. The molecule has 0 atom stereocenters. The van der Waals surface area contributed by atoms with Crippen LogP contribution in [-0.4, -0.2) is 51.8 Å². The molecule has 6 nitrogen and oxygen atoms in total. The van der Waals surface area contributed by atoms with Gasteiger partial charge in [0.1, 0.15) is 11.6 Å². The summed E-state index contributed by atoms with van der Waals surface area (Å²) in [7, 11) is 6.22. The summed E-state index contributed by atoms with van der Waals surface area (Å²) in [6, 6.07) is 10.7. The lowest BCUT2D eigenvalue weighted by atomic mass is 9.95. The minimum Gasteiger partial charge on any atom is -0.371 e. The van der Waals surface area contributed by atoms with Gasteiger partial charge in [-0.15, -0.1) is 10.2 Å². The number of anilines is 1. The van der Waals surface area contributed by atoms with Crippen LogP contribution >= 0.6 is 0 Å². The number of piperidine rings is 1. The summed E-state index contributed by atoms with van der Waals surface area (Å²) in [5, 5.41) is 10.2. The Bertz CT molecular complexity index is 937. The van der Waals surface area contributed by atoms with Crippen molar-refractivity contribution in [3.63, 3.8) is 0 Å². The molecule has 0 radical (unpaired) electrons. The highest BCUT2D eigenvalue weighted by atomic mass is 15.3. The average Bonchev–Trinajstić information content (AvgIpc) is 3.01. The van der Waals surface area contributed by atoms with Gasteiger partial charge in [0.05, 0.1) is 12.1 Å². The lowest BCUT2D eigenvalue weighted by molar-refractivity contribution is 0.382. The molecule has 0 N–H and O–H groups in total. The third kappa shape index (κ3) is 3.54. The number of hydrogen-bond acceptors (Lipinski definition) is 5. The minimum absolute atomic E-state index is 0.476. The fourth-order valence-corrected chi connectivity index (χ4v) is 4.08. The van der Waals surface area contributed by atoms with Crippen molar-refractivity contribution in [1.82, 2.24) is 24.6 Å². The molecule has 4 rings (SSSR count). The molecule has 0 amide bonds. The van der Waals surface area contributed by atoms with Crippen molar-refractivity contribution in [2.45, 2.75) is 32.2 Å². The van der Waals surface area contributed by atoms with E-state index in [-0.39, 0.29) is 0 Å². The van der Waals surface area contributed by atoms with Crippen molar-refractivity contribution in [3.8, 4) is 0 Å². The van der Waals surface area contributed by atoms with Crippen molar-refractivity contribution in [2.24, 2.45) is 7.05 Å². The Morgan fingerprint density at radius 3 is 2.59 bits per heavy atom. The van der Waals surface area contributed by atoms with Gasteiger partial charge < -0.3 is 14.4 Å². The van der Waals surface area contributed by atoms with E-state index in [2.05, 4.69) is 87.9 Å². The maximum absolute atomic E-state index is 4.68. The van der Waals surface area contributed by atoms with Crippen LogP contribution in [0.4, 0.5) is 5.69 Å². The first kappa shape index (κ1) is 17.9. The number of hydrogen-bond donors (Lipinski definition) is 0. The van der Waals surface area contributed by atoms with Gasteiger partial charge >= 0.3 is 0 Å². The Morgan fingerprint density at radius 2 is 1.85 bits per heavy atom. The van der Waals surface area contributed by atoms with Crippen LogP contribution in [-0.2, 0) is 13.6 Å². The predicted molar refractivity (Wildman–Crippen MR) is 109 cm³/mol. The number of nitrogens with zero attached hydrogens (tertiary/aromatic N) is 6. The quantitative estimate of drug-likeness (QED) is 0.712. The lowest BCUT2D eigenvalue weighted by Gasteiger charge is -2.34. The van der Waals surface area contributed by atoms with Crippen molar-refractivity contribution >= 4 is 16.6 Å². The summed E-state index contributed by atoms with van der Waals surface area (Å²) in [6.07, 6.45) is 2.20. The molecule has 1 aromatic carbocycles. The molecule has 0 saturated carbocycles. The fraction of sp³-hybridized carbons (Fsp3) is 0.476. The zero-order valence-corrected chi connectivity index (χ0v) is 16.7. The van der Waals surface area contributed by atoms with E-state index in [1.807, 2.05) is 0 Å². The molecular weight excluding hydrogens is 336 g/mol. The smallest absolute Gasteiger partial charge is 0.146 e. The molecular formula is C21H28N6. The molecule has 0 unspecified atom stereocenters. The Morgan fingerprint density at radius 1 is 1.11 bits per heavy atom. The molecule has 27 heavy (non-hydrogen) atoms. The molecule has 1 fully saturated rings. The molecule has 0 bridgehead atoms. The summed E-state index contributed by atoms with van der Waals surface area (Å²) < 4.78 is 2.19. The number of aromatic nitrogens is 4. The first-order valence-corrected chi connectivity index (χ1v) is 9.67. The molecule has 2 aromatic heterocycles. The summed E-state index contributed by atoms with van der Waals surface area (Å²) in [6.45, 7) is 4.97. The van der Waals surface area contributed by atoms with E-state index in [9.17, 15) is 0 Å². The Balaban J connectivity index is 1.53. The largest absolute Gasteiger partial charge is 0.371 e. The number of fused-ring (bicyclic) bond motifs is 1. The molecule has 1 aliphatic rings. The molecule has 142 valence electrons. The Hall–Kier alpha value is -2.47. The zero-order chi connectivity index (χ0) is 19.0. The molecule has 0 spiro atoms. The van der Waals surface area contributed by atoms with Gasteiger partial charge in [0.15, 0.2) is 0 Å². The van der Waals surface area contributed by atoms with Gasteiger partial charge in [-0.1, -0.05) is 18.2 Å². The highest BCUT2D eigenvalue weighted by molar-refractivity contribution is 5.92. The van der Waals surface area contributed by atoms with Crippen LogP contribution in [0, 0.1) is 6.92 Å². The van der Waals surface area contributed by atoms with Crippen LogP contribution in [0.3, 0.4) is 0 Å². The third-order valence-electron chi connectivity index (χ3n) is 5.48. The van der Waals surface area contributed by atoms with Crippen molar-refractivity contribution in [1.29, 1.82) is 0 Å². The standard InChI is InChI=1S/C21H28N6/c1-15-13-19(17-7-5-6-8-18(17)22-15)27-11-9-16(10-12-27)21-24-23-20(26(21)4)14-25(2)3/h5-8,13,16H,9-12,14H2,1-4H3. The minimum atomic E-state index is 0.476. The van der Waals surface area contributed by atoms with E-state index < -0.39 is 0 Å². The van der Waals surface area contributed by atoms with E-state index in [1.54, 1.807) is 0 Å². The Kier molecular flexibility index (Phi) is 4.83. The number of pyridine rings is 1. The van der Waals surface area contributed by atoms with E-state index in [4.69, 9.17) is 0 Å². The second-order valence-electron chi connectivity index (χ2n) is 7.83. The van der Waals surface area contributed by atoms with E-state index >= 15 is 0 Å². The molecule has 3 heterocycles. The fourth-order valence-electron chi connectivity index (χ4n) is 4.08. The second kappa shape index (κ2) is 7.27. The second-order valence-corrected chi connectivity index (χ2v) is 7.83. The highest BCUT2D eigenvalue weighted by Crippen LogP contribution is 2.33. The lowest BCUT2D eigenvalue weighted by Crippen LogP contribution is -2.34. The molecule has 1 aliphatic heterocycles. The maximum atomic E-state index is 4.68. The van der Waals surface area contributed by atoms with Crippen molar-refractivity contribution in [3.05, 3.63) is 47.7 Å². The predicted octanol–water partition coefficient (Wildman–Crippen LogP) is 3.12. The van der Waals surface area contributed by atoms with E-state index in [1.165, 1.54) is 11.1 Å². The van der Waals surface area contributed by atoms with Crippen LogP contribution < -0.4 is 4.90 Å². The molecule has 1 saturated heterocycles. The van der Waals surface area contributed by atoms with E-state index in [0.29, 0.717) is 5.92 Å². The van der Waals surface area contributed by atoms with Gasteiger partial charge in [-0.3, -0.25) is 4.98 Å². The normalized spacial score (nSPS) is 15.8. The van der Waals surface area contributed by atoms with Crippen molar-refractivity contribution < 1.29 is 0 Å². The van der Waals surface area contributed by atoms with Crippen LogP contribution in [0.25, 0.3) is 10.9 Å². The summed E-state index contributed by atoms with van der Waals surface area (Å²) in [5.74, 6) is 2.64. The molecule has 0 aliphatic carbocycles. The van der Waals surface area contributed by atoms with Crippen molar-refractivity contribution in [2.75, 3.05) is 32.1 Å². The highest BCUT2D eigenvalue weighted by Gasteiger charge is 2.26. The first-order valence-electron chi connectivity index (χ1n) is 9.67. The number of benzene rings is 1. The zero-order valence-electron chi connectivity index (χ0n) is 16.7. The van der Waals surface area contributed by atoms with Crippen LogP contribution in [0.1, 0.15) is 36.1 Å². The van der Waals surface area contributed by atoms with Gasteiger partial charge in [0, 0.05) is 42.8 Å². The molecule has 6 heteroatoms. The van der Waals surface area contributed by atoms with Crippen LogP contribution in [0.5, 0.6) is 0 Å². The SMILES string of the molecule is Cc1cc(N2CCC(c3nnc(CN(C)C)n3C)CC2)c2ccccc2n1. The topological polar surface area (TPSA) is 50.1 Å². The number of para-hydroxylation sites is 1. The van der Waals surface area contributed by atoms with Crippen LogP contribution in [0.2, 0.25) is 0 Å². The number of rotatable bonds is 4. The maximum Gasteiger partial charge on any atom is 0.146 e. The monoisotopic (exact) mass is 364 g/mol. The van der Waals surface area contributed by atoms with Gasteiger partial charge in [-0.05, 0) is 46.0 Å². The molecule has 3 aromatic rings. The number of aryl methyl sites for hydroxylation is 1. The summed E-state index contributed by atoms with van der Waals surface area (Å²) >= 11 is 0. The van der Waals surface area contributed by atoms with E-state index in [0.717, 1.165) is 55.3 Å². The van der Waals surface area contributed by atoms with Gasteiger partial charge in [0.25, 0.3) is 0 Å². The van der Waals surface area contributed by atoms with Crippen LogP contribution in [0.15, 0.2) is 30.3 Å². The average molecular weight is 364 g/mol. The Labute approximate surface area is 160 Å². The van der Waals surface area contributed by atoms with Gasteiger partial charge in [-0.25, -0.2) is 0 Å². The van der Waals surface area contributed by atoms with Gasteiger partial charge in [0.2, 0.25) is 0 Å². The summed E-state index contributed by atoms with van der Waals surface area (Å²) in [5.41, 5.74) is 3.46. The first-order chi connectivity index (χ1) is 13.0. The van der Waals surface area contributed by atoms with Gasteiger partial charge in [-0.2, -0.15) is 0 Å².